The molecule has 1 aromatic carbocycles. The third-order valence-corrected chi connectivity index (χ3v) is 3.25. The monoisotopic (exact) mass is 219 g/mol. The fourth-order valence-electron chi connectivity index (χ4n) is 2.21. The fraction of sp³-hybridized carbons (Fsp3) is 0.462. The van der Waals surface area contributed by atoms with Gasteiger partial charge in [0.15, 0.2) is 5.78 Å². The quantitative estimate of drug-likeness (QED) is 0.785. The van der Waals surface area contributed by atoms with Crippen molar-refractivity contribution >= 4 is 5.78 Å². The molecule has 1 aliphatic rings. The van der Waals surface area contributed by atoms with E-state index in [1.54, 1.807) is 7.11 Å². The van der Waals surface area contributed by atoms with Gasteiger partial charge >= 0.3 is 0 Å². The van der Waals surface area contributed by atoms with E-state index in [0.29, 0.717) is 0 Å². The number of benzene rings is 1. The van der Waals surface area contributed by atoms with Crippen LogP contribution in [0.2, 0.25) is 0 Å². The largest absolute Gasteiger partial charge is 0.370 e. The van der Waals surface area contributed by atoms with Crippen molar-refractivity contribution in [3.63, 3.8) is 0 Å². The van der Waals surface area contributed by atoms with Crippen LogP contribution in [-0.2, 0) is 4.74 Å². The summed E-state index contributed by atoms with van der Waals surface area (Å²) in [6.07, 6.45) is 1.49. The highest BCUT2D eigenvalue weighted by atomic mass is 16.5. The van der Waals surface area contributed by atoms with Gasteiger partial charge in [-0.05, 0) is 25.9 Å². The topological polar surface area (TPSA) is 38.3 Å². The van der Waals surface area contributed by atoms with Gasteiger partial charge in [-0.1, -0.05) is 30.3 Å². The first-order valence-electron chi connectivity index (χ1n) is 5.64. The SMILES string of the molecule is COC1(C(=O)c2ccccc2)CCNCC1. The lowest BCUT2D eigenvalue weighted by Gasteiger charge is -2.34. The van der Waals surface area contributed by atoms with Crippen LogP contribution in [-0.4, -0.2) is 31.6 Å². The molecule has 0 radical (unpaired) electrons. The lowest BCUT2D eigenvalue weighted by Crippen LogP contribution is -2.49. The fourth-order valence-corrected chi connectivity index (χ4v) is 2.21. The van der Waals surface area contributed by atoms with Gasteiger partial charge < -0.3 is 10.1 Å². The highest BCUT2D eigenvalue weighted by Crippen LogP contribution is 2.26. The number of hydrogen-bond acceptors (Lipinski definition) is 3. The summed E-state index contributed by atoms with van der Waals surface area (Å²) in [6, 6.07) is 9.39. The van der Waals surface area contributed by atoms with Crippen molar-refractivity contribution in [1.82, 2.24) is 5.32 Å². The van der Waals surface area contributed by atoms with E-state index in [2.05, 4.69) is 5.32 Å². The third kappa shape index (κ3) is 2.01. The van der Waals surface area contributed by atoms with Crippen LogP contribution >= 0.6 is 0 Å². The molecule has 3 nitrogen and oxygen atoms in total. The first kappa shape index (κ1) is 11.3. The minimum atomic E-state index is -0.618. The molecular formula is C13H17NO2. The van der Waals surface area contributed by atoms with Gasteiger partial charge in [0, 0.05) is 12.7 Å². The maximum atomic E-state index is 12.4. The Labute approximate surface area is 95.8 Å². The van der Waals surface area contributed by atoms with E-state index in [1.165, 1.54) is 0 Å². The molecule has 1 heterocycles. The minimum absolute atomic E-state index is 0.108. The number of nitrogens with one attached hydrogen (secondary N) is 1. The van der Waals surface area contributed by atoms with Gasteiger partial charge in [-0.25, -0.2) is 0 Å². The van der Waals surface area contributed by atoms with Gasteiger partial charge in [-0.2, -0.15) is 0 Å². The van der Waals surface area contributed by atoms with Crippen LogP contribution < -0.4 is 5.32 Å². The van der Waals surface area contributed by atoms with Crippen LogP contribution in [0.15, 0.2) is 30.3 Å². The van der Waals surface area contributed by atoms with E-state index in [0.717, 1.165) is 31.5 Å². The lowest BCUT2D eigenvalue weighted by atomic mass is 9.84. The molecule has 1 N–H and O–H groups in total. The summed E-state index contributed by atoms with van der Waals surface area (Å²) in [5, 5.41) is 3.25. The Morgan fingerprint density at radius 2 is 1.88 bits per heavy atom. The minimum Gasteiger partial charge on any atom is -0.370 e. The van der Waals surface area contributed by atoms with E-state index >= 15 is 0 Å². The van der Waals surface area contributed by atoms with Gasteiger partial charge in [0.1, 0.15) is 5.60 Å². The Kier molecular flexibility index (Phi) is 3.36. The molecule has 16 heavy (non-hydrogen) atoms. The first-order chi connectivity index (χ1) is 7.78. The van der Waals surface area contributed by atoms with E-state index in [4.69, 9.17) is 4.74 Å². The number of carbonyl (C=O) groups is 1. The molecule has 86 valence electrons. The number of piperidine rings is 1. The molecule has 2 rings (SSSR count). The average molecular weight is 219 g/mol. The summed E-state index contributed by atoms with van der Waals surface area (Å²) in [4.78, 5) is 12.4. The second kappa shape index (κ2) is 4.76. The number of ether oxygens (including phenoxy) is 1. The predicted molar refractivity (Wildman–Crippen MR) is 62.6 cm³/mol. The number of carbonyl (C=O) groups excluding carboxylic acids is 1. The maximum Gasteiger partial charge on any atom is 0.194 e. The standard InChI is InChI=1S/C13H17NO2/c1-16-13(7-9-14-10-8-13)12(15)11-5-3-2-4-6-11/h2-6,14H,7-10H2,1H3. The van der Waals surface area contributed by atoms with Crippen LogP contribution in [0.25, 0.3) is 0 Å². The Morgan fingerprint density at radius 1 is 1.25 bits per heavy atom. The normalized spacial score (nSPS) is 19.3. The van der Waals surface area contributed by atoms with Gasteiger partial charge in [0.05, 0.1) is 0 Å². The predicted octanol–water partition coefficient (Wildman–Crippen LogP) is 1.64. The molecule has 0 spiro atoms. The lowest BCUT2D eigenvalue weighted by molar-refractivity contribution is -0.0154. The zero-order valence-corrected chi connectivity index (χ0v) is 9.53. The molecular weight excluding hydrogens is 202 g/mol. The van der Waals surface area contributed by atoms with Gasteiger partial charge in [0.25, 0.3) is 0 Å². The van der Waals surface area contributed by atoms with E-state index in [9.17, 15) is 4.79 Å². The van der Waals surface area contributed by atoms with Gasteiger partial charge in [-0.3, -0.25) is 4.79 Å². The van der Waals surface area contributed by atoms with Crippen molar-refractivity contribution in [2.75, 3.05) is 20.2 Å². The Morgan fingerprint density at radius 3 is 2.44 bits per heavy atom. The Hall–Kier alpha value is -1.19. The van der Waals surface area contributed by atoms with Crippen LogP contribution in [0, 0.1) is 0 Å². The van der Waals surface area contributed by atoms with Crippen LogP contribution in [0.4, 0.5) is 0 Å². The number of Topliss-reactive ketones (excluding diaryl/α,β-unsaturated/α-hetero) is 1. The summed E-state index contributed by atoms with van der Waals surface area (Å²) in [5.41, 5.74) is 0.123. The summed E-state index contributed by atoms with van der Waals surface area (Å²) in [5.74, 6) is 0.108. The molecule has 0 atom stereocenters. The molecule has 1 aliphatic heterocycles. The zero-order chi connectivity index (χ0) is 11.4. The second-order valence-electron chi connectivity index (χ2n) is 4.14. The van der Waals surface area contributed by atoms with Crippen molar-refractivity contribution in [2.24, 2.45) is 0 Å². The van der Waals surface area contributed by atoms with Crippen molar-refractivity contribution < 1.29 is 9.53 Å². The van der Waals surface area contributed by atoms with Crippen LogP contribution in [0.1, 0.15) is 23.2 Å². The highest BCUT2D eigenvalue weighted by molar-refractivity contribution is 6.02. The molecule has 0 unspecified atom stereocenters. The van der Waals surface area contributed by atoms with Crippen molar-refractivity contribution in [3.05, 3.63) is 35.9 Å². The van der Waals surface area contributed by atoms with Gasteiger partial charge in [-0.15, -0.1) is 0 Å². The summed E-state index contributed by atoms with van der Waals surface area (Å²) in [6.45, 7) is 1.68. The number of hydrogen-bond donors (Lipinski definition) is 1. The number of ketones is 1. The van der Waals surface area contributed by atoms with Crippen LogP contribution in [0.5, 0.6) is 0 Å². The third-order valence-electron chi connectivity index (χ3n) is 3.25. The molecule has 0 bridgehead atoms. The Bertz CT molecular complexity index is 355. The zero-order valence-electron chi connectivity index (χ0n) is 9.53. The van der Waals surface area contributed by atoms with E-state index in [1.807, 2.05) is 30.3 Å². The Balaban J connectivity index is 2.24. The van der Waals surface area contributed by atoms with Gasteiger partial charge in [0.2, 0.25) is 0 Å². The second-order valence-corrected chi connectivity index (χ2v) is 4.14. The van der Waals surface area contributed by atoms with E-state index in [-0.39, 0.29) is 5.78 Å². The van der Waals surface area contributed by atoms with Crippen molar-refractivity contribution in [2.45, 2.75) is 18.4 Å². The molecule has 3 heteroatoms. The van der Waals surface area contributed by atoms with Crippen molar-refractivity contribution in [3.8, 4) is 0 Å². The number of methoxy groups -OCH3 is 1. The molecule has 0 aromatic heterocycles. The first-order valence-corrected chi connectivity index (χ1v) is 5.64. The van der Waals surface area contributed by atoms with E-state index < -0.39 is 5.60 Å². The smallest absolute Gasteiger partial charge is 0.194 e. The molecule has 0 amide bonds. The highest BCUT2D eigenvalue weighted by Gasteiger charge is 2.39. The molecule has 1 aromatic rings. The van der Waals surface area contributed by atoms with Crippen LogP contribution in [0.3, 0.4) is 0 Å². The summed E-state index contributed by atoms with van der Waals surface area (Å²) >= 11 is 0. The molecule has 1 fully saturated rings. The molecule has 0 saturated carbocycles. The molecule has 0 aliphatic carbocycles. The molecule has 1 saturated heterocycles. The number of rotatable bonds is 3. The average Bonchev–Trinajstić information content (AvgIpc) is 2.39. The summed E-state index contributed by atoms with van der Waals surface area (Å²) in [7, 11) is 1.63. The summed E-state index contributed by atoms with van der Waals surface area (Å²) < 4.78 is 5.51. The maximum absolute atomic E-state index is 12.4. The van der Waals surface area contributed by atoms with Crippen molar-refractivity contribution in [1.29, 1.82) is 0 Å².